The Bertz CT molecular complexity index is 1380. The highest BCUT2D eigenvalue weighted by Gasteiger charge is 2.28. The molecular weight excluding hydrogens is 467 g/mol. The maximum absolute atomic E-state index is 13.1. The van der Waals surface area contributed by atoms with Gasteiger partial charge in [-0.1, -0.05) is 24.3 Å². The summed E-state index contributed by atoms with van der Waals surface area (Å²) in [5.41, 5.74) is 3.47. The van der Waals surface area contributed by atoms with E-state index in [0.717, 1.165) is 27.3 Å². The molecule has 3 aromatic carbocycles. The number of anilines is 1. The monoisotopic (exact) mass is 488 g/mol. The summed E-state index contributed by atoms with van der Waals surface area (Å²) in [7, 11) is 1.59. The van der Waals surface area contributed by atoms with Crippen LogP contribution in [-0.2, 0) is 17.6 Å². The van der Waals surface area contributed by atoms with Gasteiger partial charge in [0.05, 0.1) is 12.7 Å². The number of hydrogen-bond donors (Lipinski definition) is 1. The maximum atomic E-state index is 13.1. The lowest BCUT2D eigenvalue weighted by atomic mass is 9.93. The fourth-order valence-electron chi connectivity index (χ4n) is 3.96. The number of benzene rings is 3. The van der Waals surface area contributed by atoms with E-state index in [1.807, 2.05) is 24.3 Å². The minimum absolute atomic E-state index is 0.278. The number of amides is 1. The van der Waals surface area contributed by atoms with Crippen molar-refractivity contribution in [2.24, 2.45) is 0 Å². The van der Waals surface area contributed by atoms with Crippen molar-refractivity contribution in [3.05, 3.63) is 111 Å². The van der Waals surface area contributed by atoms with Crippen molar-refractivity contribution >= 4 is 28.3 Å². The molecule has 4 aromatic rings. The molecule has 1 aliphatic heterocycles. The van der Waals surface area contributed by atoms with Crippen LogP contribution in [0.25, 0.3) is 0 Å². The summed E-state index contributed by atoms with van der Waals surface area (Å²) in [6.07, 6.45) is 2.33. The smallest absolute Gasteiger partial charge is 0.339 e. The topological polar surface area (TPSA) is 77.5 Å². The Morgan fingerprint density at radius 1 is 1.14 bits per heavy atom. The molecule has 1 aliphatic rings. The Kier molecular flexibility index (Phi) is 6.29. The molecule has 0 fully saturated rings. The molecule has 0 saturated carbocycles. The summed E-state index contributed by atoms with van der Waals surface area (Å²) in [6, 6.07) is 18.6. The third-order valence-electron chi connectivity index (χ3n) is 5.80. The van der Waals surface area contributed by atoms with Gasteiger partial charge in [-0.25, -0.2) is 14.2 Å². The van der Waals surface area contributed by atoms with E-state index >= 15 is 0 Å². The van der Waals surface area contributed by atoms with Crippen LogP contribution in [0.5, 0.6) is 5.75 Å². The fraction of sp³-hybridized carbons (Fsp3) is 0.148. The molecule has 1 aromatic heterocycles. The lowest BCUT2D eigenvalue weighted by Crippen LogP contribution is -2.23. The van der Waals surface area contributed by atoms with Gasteiger partial charge < -0.3 is 9.47 Å². The number of nitrogens with one attached hydrogen (secondary N) is 1. The number of esters is 1. The summed E-state index contributed by atoms with van der Waals surface area (Å²) in [5.74, 6) is -0.280. The normalized spacial score (nSPS) is 14.7. The van der Waals surface area contributed by atoms with E-state index in [2.05, 4.69) is 10.3 Å². The number of thiazole rings is 1. The first-order chi connectivity index (χ1) is 17.0. The molecule has 5 rings (SSSR count). The van der Waals surface area contributed by atoms with Gasteiger partial charge in [0.25, 0.3) is 5.91 Å². The highest BCUT2D eigenvalue weighted by molar-refractivity contribution is 7.15. The van der Waals surface area contributed by atoms with Crippen molar-refractivity contribution in [1.29, 1.82) is 0 Å². The molecule has 1 amide bonds. The number of methoxy groups -OCH3 is 1. The second kappa shape index (κ2) is 9.68. The van der Waals surface area contributed by atoms with Gasteiger partial charge in [-0.3, -0.25) is 10.1 Å². The van der Waals surface area contributed by atoms with Crippen molar-refractivity contribution in [3.63, 3.8) is 0 Å². The van der Waals surface area contributed by atoms with Gasteiger partial charge >= 0.3 is 5.97 Å². The quantitative estimate of drug-likeness (QED) is 0.358. The number of cyclic esters (lactones) is 1. The van der Waals surface area contributed by atoms with E-state index in [4.69, 9.17) is 9.47 Å². The molecule has 1 atom stereocenters. The van der Waals surface area contributed by atoms with E-state index < -0.39 is 12.1 Å². The molecule has 8 heteroatoms. The van der Waals surface area contributed by atoms with Gasteiger partial charge in [-0.2, -0.15) is 0 Å². The zero-order valence-electron chi connectivity index (χ0n) is 18.8. The fourth-order valence-corrected chi connectivity index (χ4v) is 4.80. The Labute approximate surface area is 205 Å². The summed E-state index contributed by atoms with van der Waals surface area (Å²) >= 11 is 1.36. The van der Waals surface area contributed by atoms with Crippen LogP contribution in [0.2, 0.25) is 0 Å². The van der Waals surface area contributed by atoms with Crippen molar-refractivity contribution < 1.29 is 23.5 Å². The van der Waals surface area contributed by atoms with Gasteiger partial charge in [-0.15, -0.1) is 11.3 Å². The van der Waals surface area contributed by atoms with E-state index in [1.165, 1.54) is 23.5 Å². The van der Waals surface area contributed by atoms with Crippen LogP contribution in [0.15, 0.2) is 72.9 Å². The zero-order valence-corrected chi connectivity index (χ0v) is 19.6. The van der Waals surface area contributed by atoms with E-state index in [0.29, 0.717) is 29.1 Å². The predicted molar refractivity (Wildman–Crippen MR) is 131 cm³/mol. The van der Waals surface area contributed by atoms with Gasteiger partial charge in [-0.05, 0) is 59.2 Å². The molecule has 176 valence electrons. The number of fused-ring (bicyclic) bond motifs is 1. The summed E-state index contributed by atoms with van der Waals surface area (Å²) in [5, 5.41) is 3.30. The zero-order chi connectivity index (χ0) is 24.4. The SMILES string of the molecule is COc1ccc([C@H]2Cc3cc(C(=O)Nc4ncc(Cc5ccc(F)cc5)s4)ccc3C(=O)O2)cc1. The lowest BCUT2D eigenvalue weighted by molar-refractivity contribution is 0.0252. The molecule has 6 nitrogen and oxygen atoms in total. The largest absolute Gasteiger partial charge is 0.497 e. The molecular formula is C27H21FN2O4S. The predicted octanol–water partition coefficient (Wildman–Crippen LogP) is 5.59. The second-order valence-corrected chi connectivity index (χ2v) is 9.25. The summed E-state index contributed by atoms with van der Waals surface area (Å²) < 4.78 is 23.9. The highest BCUT2D eigenvalue weighted by Crippen LogP contribution is 2.32. The Balaban J connectivity index is 1.29. The Morgan fingerprint density at radius 2 is 1.91 bits per heavy atom. The van der Waals surface area contributed by atoms with E-state index in [-0.39, 0.29) is 11.7 Å². The number of rotatable bonds is 6. The molecule has 0 spiro atoms. The number of carbonyl (C=O) groups is 2. The van der Waals surface area contributed by atoms with Crippen molar-refractivity contribution in [2.45, 2.75) is 18.9 Å². The number of halogens is 1. The second-order valence-electron chi connectivity index (χ2n) is 8.13. The first-order valence-corrected chi connectivity index (χ1v) is 11.8. The first-order valence-electron chi connectivity index (χ1n) is 11.0. The number of ether oxygens (including phenoxy) is 2. The van der Waals surface area contributed by atoms with E-state index in [1.54, 1.807) is 43.6 Å². The average molecular weight is 489 g/mol. The maximum Gasteiger partial charge on any atom is 0.339 e. The third kappa shape index (κ3) is 5.07. The highest BCUT2D eigenvalue weighted by atomic mass is 32.1. The van der Waals surface area contributed by atoms with E-state index in [9.17, 15) is 14.0 Å². The molecule has 0 radical (unpaired) electrons. The molecule has 35 heavy (non-hydrogen) atoms. The van der Waals surface area contributed by atoms with Crippen LogP contribution in [0.4, 0.5) is 9.52 Å². The number of nitrogens with zero attached hydrogens (tertiary/aromatic N) is 1. The first kappa shape index (κ1) is 22.7. The number of hydrogen-bond acceptors (Lipinski definition) is 6. The average Bonchev–Trinajstić information content (AvgIpc) is 3.31. The lowest BCUT2D eigenvalue weighted by Gasteiger charge is -2.25. The van der Waals surface area contributed by atoms with Crippen LogP contribution < -0.4 is 10.1 Å². The standard InChI is InChI=1S/C27H21FN2O4S/c1-33-21-9-4-17(5-10-21)24-14-19-13-18(6-11-23(19)26(32)34-24)25(31)30-27-29-15-22(35-27)12-16-2-7-20(28)8-3-16/h2-11,13,15,24H,12,14H2,1H3,(H,29,30,31)/t24-/m1/s1. The van der Waals surface area contributed by atoms with Gasteiger partial charge in [0.2, 0.25) is 0 Å². The Morgan fingerprint density at radius 3 is 2.66 bits per heavy atom. The summed E-state index contributed by atoms with van der Waals surface area (Å²) in [4.78, 5) is 30.7. The minimum atomic E-state index is -0.438. The third-order valence-corrected chi connectivity index (χ3v) is 6.71. The van der Waals surface area contributed by atoms with Crippen molar-refractivity contribution in [2.75, 3.05) is 12.4 Å². The minimum Gasteiger partial charge on any atom is -0.497 e. The van der Waals surface area contributed by atoms with Crippen LogP contribution in [-0.4, -0.2) is 24.0 Å². The molecule has 0 bridgehead atoms. The van der Waals surface area contributed by atoms with Crippen LogP contribution in [0, 0.1) is 5.82 Å². The van der Waals surface area contributed by atoms with Gasteiger partial charge in [0.1, 0.15) is 17.7 Å². The van der Waals surface area contributed by atoms with Crippen molar-refractivity contribution in [3.8, 4) is 5.75 Å². The molecule has 0 aliphatic carbocycles. The van der Waals surface area contributed by atoms with Crippen LogP contribution in [0.1, 0.15) is 48.4 Å². The molecule has 1 N–H and O–H groups in total. The Hall–Kier alpha value is -4.04. The van der Waals surface area contributed by atoms with Crippen LogP contribution in [0.3, 0.4) is 0 Å². The molecule has 2 heterocycles. The van der Waals surface area contributed by atoms with Crippen molar-refractivity contribution in [1.82, 2.24) is 4.98 Å². The number of aromatic nitrogens is 1. The van der Waals surface area contributed by atoms with Crippen LogP contribution >= 0.6 is 11.3 Å². The molecule has 0 saturated heterocycles. The number of carbonyl (C=O) groups excluding carboxylic acids is 2. The summed E-state index contributed by atoms with van der Waals surface area (Å²) in [6.45, 7) is 0. The molecule has 0 unspecified atom stereocenters. The van der Waals surface area contributed by atoms with Gasteiger partial charge in [0.15, 0.2) is 5.13 Å². The van der Waals surface area contributed by atoms with Gasteiger partial charge in [0, 0.05) is 29.5 Å².